The van der Waals surface area contributed by atoms with E-state index in [1.165, 1.54) is 5.56 Å². The van der Waals surface area contributed by atoms with E-state index in [1.54, 1.807) is 11.8 Å². The van der Waals surface area contributed by atoms with Crippen LogP contribution < -0.4 is 0 Å². The van der Waals surface area contributed by atoms with Gasteiger partial charge in [0.1, 0.15) is 4.87 Å². The summed E-state index contributed by atoms with van der Waals surface area (Å²) in [4.78, 5) is 16.2. The molecule has 6 heteroatoms. The molecule has 2 atom stereocenters. The Bertz CT molecular complexity index is 569. The van der Waals surface area contributed by atoms with E-state index < -0.39 is 10.9 Å². The summed E-state index contributed by atoms with van der Waals surface area (Å²) in [5.74, 6) is -0.0587. The summed E-state index contributed by atoms with van der Waals surface area (Å²) in [5.41, 5.74) is 11.0. The average molecular weight is 260 g/mol. The number of benzene rings is 1. The predicted octanol–water partition coefficient (Wildman–Crippen LogP) is 2.28. The number of azide groups is 1. The zero-order valence-electron chi connectivity index (χ0n) is 9.91. The smallest absolute Gasteiger partial charge is 0.236 e. The Balaban J connectivity index is 2.18. The lowest BCUT2D eigenvalue weighted by Crippen LogP contribution is -2.71. The Morgan fingerprint density at radius 2 is 2.33 bits per heavy atom. The lowest BCUT2D eigenvalue weighted by Gasteiger charge is -2.58. The number of thioether (sulfide) groups is 1. The normalized spacial score (nSPS) is 28.8. The van der Waals surface area contributed by atoms with E-state index in [0.29, 0.717) is 6.54 Å². The van der Waals surface area contributed by atoms with Crippen LogP contribution in [0.1, 0.15) is 11.1 Å². The van der Waals surface area contributed by atoms with Gasteiger partial charge in [0.2, 0.25) is 5.91 Å². The van der Waals surface area contributed by atoms with Gasteiger partial charge in [-0.1, -0.05) is 29.4 Å². The van der Waals surface area contributed by atoms with Crippen molar-refractivity contribution in [2.75, 3.05) is 12.8 Å². The van der Waals surface area contributed by atoms with Crippen molar-refractivity contribution in [3.8, 4) is 0 Å². The molecular weight excluding hydrogens is 248 g/mol. The van der Waals surface area contributed by atoms with Crippen LogP contribution in [0.4, 0.5) is 0 Å². The SMILES string of the molecule is CSC12c3ccccc3CCN1C(=O)C2N=[N+]=[N-]. The summed E-state index contributed by atoms with van der Waals surface area (Å²) in [6, 6.07) is 7.48. The molecule has 5 nitrogen and oxygen atoms in total. The molecule has 3 rings (SSSR count). The van der Waals surface area contributed by atoms with Crippen molar-refractivity contribution in [1.82, 2.24) is 4.90 Å². The van der Waals surface area contributed by atoms with E-state index in [0.717, 1.165) is 12.0 Å². The van der Waals surface area contributed by atoms with E-state index in [9.17, 15) is 4.79 Å². The van der Waals surface area contributed by atoms with Crippen molar-refractivity contribution >= 4 is 17.7 Å². The molecule has 0 radical (unpaired) electrons. The van der Waals surface area contributed by atoms with Crippen molar-refractivity contribution in [2.45, 2.75) is 17.3 Å². The minimum absolute atomic E-state index is 0.0587. The van der Waals surface area contributed by atoms with Gasteiger partial charge in [0, 0.05) is 11.5 Å². The van der Waals surface area contributed by atoms with Crippen LogP contribution >= 0.6 is 11.8 Å². The van der Waals surface area contributed by atoms with Gasteiger partial charge < -0.3 is 4.90 Å². The molecular formula is C12H12N4OS. The molecule has 92 valence electrons. The first kappa shape index (κ1) is 11.4. The summed E-state index contributed by atoms with van der Waals surface area (Å²) in [6.45, 7) is 0.703. The van der Waals surface area contributed by atoms with Crippen LogP contribution in [0.25, 0.3) is 10.4 Å². The lowest BCUT2D eigenvalue weighted by atomic mass is 9.81. The first-order chi connectivity index (χ1) is 8.75. The largest absolute Gasteiger partial charge is 0.322 e. The highest BCUT2D eigenvalue weighted by molar-refractivity contribution is 7.99. The number of nitrogens with zero attached hydrogens (tertiary/aromatic N) is 4. The predicted molar refractivity (Wildman–Crippen MR) is 70.0 cm³/mol. The number of fused-ring (bicyclic) bond motifs is 3. The molecule has 1 saturated heterocycles. The minimum atomic E-state index is -0.612. The van der Waals surface area contributed by atoms with Gasteiger partial charge >= 0.3 is 0 Å². The van der Waals surface area contributed by atoms with Gasteiger partial charge in [0.25, 0.3) is 0 Å². The zero-order chi connectivity index (χ0) is 12.8. The highest BCUT2D eigenvalue weighted by Crippen LogP contribution is 2.54. The van der Waals surface area contributed by atoms with Gasteiger partial charge in [-0.05, 0) is 29.3 Å². The molecule has 1 aromatic carbocycles. The molecule has 0 bridgehead atoms. The molecule has 0 N–H and O–H groups in total. The highest BCUT2D eigenvalue weighted by Gasteiger charge is 2.62. The van der Waals surface area contributed by atoms with Crippen molar-refractivity contribution in [2.24, 2.45) is 5.11 Å². The van der Waals surface area contributed by atoms with Crippen LogP contribution in [-0.4, -0.2) is 29.6 Å². The van der Waals surface area contributed by atoms with Crippen LogP contribution in [-0.2, 0) is 16.1 Å². The van der Waals surface area contributed by atoms with Crippen molar-refractivity contribution in [3.05, 3.63) is 45.8 Å². The third-order valence-electron chi connectivity index (χ3n) is 3.76. The first-order valence-corrected chi connectivity index (χ1v) is 6.97. The monoisotopic (exact) mass is 260 g/mol. The summed E-state index contributed by atoms with van der Waals surface area (Å²) < 4.78 is 0. The van der Waals surface area contributed by atoms with Crippen molar-refractivity contribution in [3.63, 3.8) is 0 Å². The Hall–Kier alpha value is -1.65. The maximum Gasteiger partial charge on any atom is 0.236 e. The van der Waals surface area contributed by atoms with Gasteiger partial charge in [-0.2, -0.15) is 0 Å². The third kappa shape index (κ3) is 1.19. The Morgan fingerprint density at radius 1 is 1.56 bits per heavy atom. The minimum Gasteiger partial charge on any atom is -0.322 e. The van der Waals surface area contributed by atoms with E-state index in [2.05, 4.69) is 16.1 Å². The molecule has 0 spiro atoms. The second-order valence-electron chi connectivity index (χ2n) is 4.41. The first-order valence-electron chi connectivity index (χ1n) is 5.75. The van der Waals surface area contributed by atoms with E-state index in [-0.39, 0.29) is 5.91 Å². The van der Waals surface area contributed by atoms with Crippen LogP contribution in [0.3, 0.4) is 0 Å². The van der Waals surface area contributed by atoms with Gasteiger partial charge in [-0.25, -0.2) is 0 Å². The summed E-state index contributed by atoms with van der Waals surface area (Å²) in [5, 5.41) is 3.71. The number of β-lactam (4-membered cyclic amide) rings is 1. The van der Waals surface area contributed by atoms with Crippen molar-refractivity contribution in [1.29, 1.82) is 0 Å². The topological polar surface area (TPSA) is 69.1 Å². The molecule has 1 fully saturated rings. The Morgan fingerprint density at radius 3 is 3.06 bits per heavy atom. The van der Waals surface area contributed by atoms with Gasteiger partial charge in [0.05, 0.1) is 0 Å². The molecule has 2 aliphatic rings. The van der Waals surface area contributed by atoms with Crippen LogP contribution in [0.15, 0.2) is 29.4 Å². The number of carbonyl (C=O) groups excluding carboxylic acids is 1. The fourth-order valence-electron chi connectivity index (χ4n) is 2.96. The molecule has 1 amide bonds. The van der Waals surface area contributed by atoms with Gasteiger partial charge in [0.15, 0.2) is 6.04 Å². The Labute approximate surface area is 109 Å². The second kappa shape index (κ2) is 3.93. The highest BCUT2D eigenvalue weighted by atomic mass is 32.2. The fraction of sp³-hybridized carbons (Fsp3) is 0.417. The maximum absolute atomic E-state index is 12.0. The number of rotatable bonds is 2. The maximum atomic E-state index is 12.0. The molecule has 0 aliphatic carbocycles. The number of hydrogen-bond donors (Lipinski definition) is 0. The number of hydrogen-bond acceptors (Lipinski definition) is 3. The zero-order valence-corrected chi connectivity index (χ0v) is 10.7. The van der Waals surface area contributed by atoms with Crippen LogP contribution in [0, 0.1) is 0 Å². The molecule has 18 heavy (non-hydrogen) atoms. The molecule has 2 heterocycles. The van der Waals surface area contributed by atoms with Gasteiger partial charge in [-0.15, -0.1) is 11.8 Å². The summed E-state index contributed by atoms with van der Waals surface area (Å²) >= 11 is 1.58. The quantitative estimate of drug-likeness (QED) is 0.354. The fourth-order valence-corrected chi connectivity index (χ4v) is 4.15. The second-order valence-corrected chi connectivity index (χ2v) is 5.44. The van der Waals surface area contributed by atoms with Gasteiger partial charge in [-0.3, -0.25) is 4.79 Å². The molecule has 2 aliphatic heterocycles. The van der Waals surface area contributed by atoms with E-state index in [4.69, 9.17) is 5.53 Å². The van der Waals surface area contributed by atoms with Crippen LogP contribution in [0.2, 0.25) is 0 Å². The number of carbonyl (C=O) groups is 1. The molecule has 0 saturated carbocycles. The lowest BCUT2D eigenvalue weighted by molar-refractivity contribution is -0.153. The third-order valence-corrected chi connectivity index (χ3v) is 5.04. The standard InChI is InChI=1S/C12H12N4OS/c1-18-12-9-5-3-2-4-8(9)6-7-16(12)11(17)10(12)14-15-13/h2-5,10H,6-7H2,1H3. The summed E-state index contributed by atoms with van der Waals surface area (Å²) in [6.07, 6.45) is 2.83. The number of amides is 1. The van der Waals surface area contributed by atoms with Crippen molar-refractivity contribution < 1.29 is 4.79 Å². The Kier molecular flexibility index (Phi) is 2.50. The summed E-state index contributed by atoms with van der Waals surface area (Å²) in [7, 11) is 0. The molecule has 2 unspecified atom stereocenters. The average Bonchev–Trinajstić information content (AvgIpc) is 2.42. The molecule has 0 aromatic heterocycles. The van der Waals surface area contributed by atoms with E-state index >= 15 is 0 Å². The van der Waals surface area contributed by atoms with E-state index in [1.807, 2.05) is 29.4 Å². The van der Waals surface area contributed by atoms with Crippen LogP contribution in [0.5, 0.6) is 0 Å². The molecule has 1 aromatic rings.